The van der Waals surface area contributed by atoms with E-state index in [0.717, 1.165) is 5.56 Å². The monoisotopic (exact) mass is 307 g/mol. The third kappa shape index (κ3) is 8.62. The van der Waals surface area contributed by atoms with E-state index < -0.39 is 13.5 Å². The Bertz CT molecular complexity index is 228. The molecule has 13 heavy (non-hydrogen) atoms. The molecule has 0 unspecified atom stereocenters. The first kappa shape index (κ1) is 19.0. The second kappa shape index (κ2) is 10.4. The van der Waals surface area contributed by atoms with Crippen LogP contribution >= 0.6 is 19.4 Å². The van der Waals surface area contributed by atoms with Crippen LogP contribution in [-0.2, 0) is 13.5 Å². The zero-order chi connectivity index (χ0) is 7.40. The maximum atomic E-state index is 5.67. The second-order valence-corrected chi connectivity index (χ2v) is 7.44. The first-order valence-corrected chi connectivity index (χ1v) is 8.15. The van der Waals surface area contributed by atoms with Gasteiger partial charge in [0.1, 0.15) is 0 Å². The number of hydrogen-bond donors (Lipinski definition) is 0. The molecule has 0 spiro atoms. The van der Waals surface area contributed by atoms with E-state index in [0.29, 0.717) is 0 Å². The Labute approximate surface area is 95.4 Å². The van der Waals surface area contributed by atoms with Gasteiger partial charge in [0.25, 0.3) is 0 Å². The summed E-state index contributed by atoms with van der Waals surface area (Å²) in [5.41, 5.74) is 1.12. The summed E-state index contributed by atoms with van der Waals surface area (Å²) in [6, 6.07) is 9.89. The van der Waals surface area contributed by atoms with Crippen molar-refractivity contribution in [2.24, 2.45) is 0 Å². The minimum atomic E-state index is -1.61. The van der Waals surface area contributed by atoms with Crippen LogP contribution in [0.4, 0.5) is 0 Å². The Balaban J connectivity index is -0.000000333. The second-order valence-electron chi connectivity index (χ2n) is 1.72. The molecule has 0 saturated heterocycles. The molecule has 0 aliphatic carbocycles. The number of rotatable bonds is 1. The summed E-state index contributed by atoms with van der Waals surface area (Å²) in [7, 11) is 11.3. The molecule has 0 saturated carbocycles. The van der Waals surface area contributed by atoms with Crippen molar-refractivity contribution in [3.05, 3.63) is 58.2 Å². The van der Waals surface area contributed by atoms with Crippen molar-refractivity contribution in [2.75, 3.05) is 0 Å². The molecule has 3 heteroatoms. The molecule has 0 aromatic heterocycles. The van der Waals surface area contributed by atoms with Gasteiger partial charge in [-0.3, -0.25) is 0 Å². The van der Waals surface area contributed by atoms with Gasteiger partial charge in [-0.2, -0.15) is 0 Å². The Morgan fingerprint density at radius 2 is 1.38 bits per heavy atom. The van der Waals surface area contributed by atoms with E-state index in [1.54, 1.807) is 0 Å². The van der Waals surface area contributed by atoms with E-state index in [4.69, 9.17) is 19.4 Å². The Morgan fingerprint density at radius 1 is 0.923 bits per heavy atom. The molecule has 1 aromatic rings. The van der Waals surface area contributed by atoms with Gasteiger partial charge in [-0.15, -0.1) is 0 Å². The van der Waals surface area contributed by atoms with Gasteiger partial charge >= 0.3 is 73.4 Å². The van der Waals surface area contributed by atoms with E-state index in [1.165, 1.54) is 0 Å². The van der Waals surface area contributed by atoms with E-state index in [2.05, 4.69) is 0 Å². The molecule has 0 atom stereocenters. The molecule has 0 heterocycles. The van der Waals surface area contributed by atoms with Crippen LogP contribution in [-0.4, -0.2) is 4.61 Å². The zero-order valence-electron chi connectivity index (χ0n) is 8.07. The summed E-state index contributed by atoms with van der Waals surface area (Å²) in [4.78, 5) is 0. The van der Waals surface area contributed by atoms with Gasteiger partial charge in [0.2, 0.25) is 0 Å². The number of hydrogen-bond acceptors (Lipinski definition) is 0. The van der Waals surface area contributed by atoms with Crippen LogP contribution in [0.1, 0.15) is 5.56 Å². The van der Waals surface area contributed by atoms with Gasteiger partial charge in [-0.25, -0.2) is 0 Å². The Hall–Kier alpha value is 0.293. The molecule has 80 valence electrons. The summed E-state index contributed by atoms with van der Waals surface area (Å²) in [6.07, 6.45) is 0. The fraction of sp³-hybridized carbons (Fsp3) is 0. The van der Waals surface area contributed by atoms with Crippen molar-refractivity contribution in [1.82, 2.24) is 0 Å². The topological polar surface area (TPSA) is 0 Å². The van der Waals surface area contributed by atoms with Crippen molar-refractivity contribution < 1.29 is 13.5 Å². The Kier molecular flexibility index (Phi) is 15.1. The van der Waals surface area contributed by atoms with Crippen LogP contribution in [0.5, 0.6) is 0 Å². The standard InChI is InChI=1S/C7H6.3CH3.2ClH.Ru/c1-7-5-3-2-4-6-7;;;;;;/h1-6H;3*1H3;2*1H;/q;3*-1;;;+2/p-2. The maximum absolute atomic E-state index is 5.67. The minimum absolute atomic E-state index is 0. The van der Waals surface area contributed by atoms with E-state index in [9.17, 15) is 0 Å². The fourth-order valence-corrected chi connectivity index (χ4v) is 2.44. The molecule has 0 fully saturated rings. The van der Waals surface area contributed by atoms with Crippen LogP contribution in [0.2, 0.25) is 0 Å². The van der Waals surface area contributed by atoms with Gasteiger partial charge in [-0.1, -0.05) is 0 Å². The third-order valence-electron chi connectivity index (χ3n) is 0.995. The molecule has 0 N–H and O–H groups in total. The number of benzene rings is 1. The van der Waals surface area contributed by atoms with Crippen molar-refractivity contribution >= 4 is 24.0 Å². The van der Waals surface area contributed by atoms with Crippen molar-refractivity contribution in [2.45, 2.75) is 0 Å². The van der Waals surface area contributed by atoms with Crippen molar-refractivity contribution in [3.63, 3.8) is 0 Å². The SMILES string of the molecule is [CH3-].[CH3-].[CH3-].[Cl][Ru]([Cl])=[CH]c1ccccc1. The summed E-state index contributed by atoms with van der Waals surface area (Å²) < 4.78 is 1.92. The van der Waals surface area contributed by atoms with E-state index in [1.807, 2.05) is 34.9 Å². The van der Waals surface area contributed by atoms with Crippen LogP contribution in [0.15, 0.2) is 30.3 Å². The predicted molar refractivity (Wildman–Crippen MR) is 62.6 cm³/mol. The molecule has 0 aliphatic rings. The average molecular weight is 307 g/mol. The molecule has 1 rings (SSSR count). The van der Waals surface area contributed by atoms with Crippen LogP contribution in [0.3, 0.4) is 0 Å². The third-order valence-corrected chi connectivity index (χ3v) is 2.87. The van der Waals surface area contributed by atoms with Gasteiger partial charge in [0.05, 0.1) is 0 Å². The quantitative estimate of drug-likeness (QED) is 0.541. The summed E-state index contributed by atoms with van der Waals surface area (Å²) in [5.74, 6) is 0. The molecule has 0 bridgehead atoms. The first-order valence-electron chi connectivity index (χ1n) is 2.67. The molecule has 0 amide bonds. The normalized spacial score (nSPS) is 8.31. The van der Waals surface area contributed by atoms with Crippen molar-refractivity contribution in [1.29, 1.82) is 0 Å². The summed E-state index contributed by atoms with van der Waals surface area (Å²) in [6.45, 7) is 0. The molecule has 0 aliphatic heterocycles. The van der Waals surface area contributed by atoms with E-state index >= 15 is 0 Å². The van der Waals surface area contributed by atoms with Crippen LogP contribution < -0.4 is 0 Å². The summed E-state index contributed by atoms with van der Waals surface area (Å²) >= 11 is -1.61. The molecule has 0 nitrogen and oxygen atoms in total. The molecule has 1 aromatic carbocycles. The number of halogens is 2. The fourth-order valence-electron chi connectivity index (χ4n) is 0.610. The van der Waals surface area contributed by atoms with Gasteiger partial charge < -0.3 is 22.3 Å². The van der Waals surface area contributed by atoms with Gasteiger partial charge in [0.15, 0.2) is 0 Å². The van der Waals surface area contributed by atoms with E-state index in [-0.39, 0.29) is 22.3 Å². The Morgan fingerprint density at radius 3 is 1.77 bits per heavy atom. The molecule has 0 radical (unpaired) electrons. The first-order chi connectivity index (χ1) is 4.79. The van der Waals surface area contributed by atoms with Crippen molar-refractivity contribution in [3.8, 4) is 0 Å². The van der Waals surface area contributed by atoms with Crippen LogP contribution in [0.25, 0.3) is 0 Å². The predicted octanol–water partition coefficient (Wildman–Crippen LogP) is 4.11. The molecular weight excluding hydrogens is 292 g/mol. The van der Waals surface area contributed by atoms with Crippen LogP contribution in [0, 0.1) is 22.3 Å². The average Bonchev–Trinajstić information content (AvgIpc) is 1.88. The summed E-state index contributed by atoms with van der Waals surface area (Å²) in [5, 5.41) is 0. The zero-order valence-corrected chi connectivity index (χ0v) is 11.3. The van der Waals surface area contributed by atoms with Gasteiger partial charge in [0, 0.05) is 0 Å². The van der Waals surface area contributed by atoms with Gasteiger partial charge in [-0.05, 0) is 0 Å². The molecular formula is C10H15Cl2Ru-3.